The second kappa shape index (κ2) is 12.5. The van der Waals surface area contributed by atoms with Gasteiger partial charge < -0.3 is 19.5 Å². The molecular weight excluding hydrogens is 420 g/mol. The zero-order valence-corrected chi connectivity index (χ0v) is 19.7. The highest BCUT2D eigenvalue weighted by atomic mass is 16.6. The lowest BCUT2D eigenvalue weighted by molar-refractivity contribution is -0.152. The molecule has 0 saturated heterocycles. The van der Waals surface area contributed by atoms with Gasteiger partial charge in [-0.2, -0.15) is 0 Å². The van der Waals surface area contributed by atoms with Crippen LogP contribution in [0.4, 0.5) is 5.82 Å². The van der Waals surface area contributed by atoms with E-state index < -0.39 is 5.60 Å². The van der Waals surface area contributed by atoms with Crippen molar-refractivity contribution in [2.75, 3.05) is 25.6 Å². The Balaban J connectivity index is 1.79. The molecule has 2 rings (SSSR count). The Kier molecular flexibility index (Phi) is 9.74. The minimum absolute atomic E-state index is 0.0523. The van der Waals surface area contributed by atoms with Crippen LogP contribution in [-0.2, 0) is 31.9 Å². The molecular formula is C26H32N2O5. The van der Waals surface area contributed by atoms with Crippen molar-refractivity contribution in [2.24, 2.45) is 5.92 Å². The zero-order valence-electron chi connectivity index (χ0n) is 19.7. The van der Waals surface area contributed by atoms with Gasteiger partial charge in [-0.3, -0.25) is 9.59 Å². The van der Waals surface area contributed by atoms with Gasteiger partial charge in [-0.15, -0.1) is 12.3 Å². The number of rotatable bonds is 11. The number of nitrogens with zero attached hydrogens (tertiary/aromatic N) is 1. The number of ether oxygens (including phenoxy) is 3. The predicted octanol–water partition coefficient (Wildman–Crippen LogP) is 3.81. The Bertz CT molecular complexity index is 958. The van der Waals surface area contributed by atoms with Crippen LogP contribution in [0.25, 0.3) is 0 Å². The summed E-state index contributed by atoms with van der Waals surface area (Å²) in [7, 11) is 1.36. The number of nitrogens with one attached hydrogen (secondary N) is 1. The van der Waals surface area contributed by atoms with E-state index in [0.29, 0.717) is 25.3 Å². The molecule has 7 nitrogen and oxygen atoms in total. The maximum atomic E-state index is 11.8. The molecule has 176 valence electrons. The number of esters is 2. The molecule has 1 heterocycles. The van der Waals surface area contributed by atoms with Gasteiger partial charge in [-0.05, 0) is 57.0 Å². The summed E-state index contributed by atoms with van der Waals surface area (Å²) in [6, 6.07) is 13.2. The van der Waals surface area contributed by atoms with Crippen LogP contribution in [0.15, 0.2) is 42.5 Å². The summed E-state index contributed by atoms with van der Waals surface area (Å²) in [6.45, 7) is 6.00. The first-order chi connectivity index (χ1) is 15.7. The number of pyridine rings is 1. The molecule has 0 spiro atoms. The summed E-state index contributed by atoms with van der Waals surface area (Å²) >= 11 is 0. The fourth-order valence-electron chi connectivity index (χ4n) is 3.01. The fourth-order valence-corrected chi connectivity index (χ4v) is 3.01. The highest BCUT2D eigenvalue weighted by Crippen LogP contribution is 2.17. The molecule has 0 radical (unpaired) electrons. The van der Waals surface area contributed by atoms with Crippen molar-refractivity contribution in [1.29, 1.82) is 0 Å². The van der Waals surface area contributed by atoms with Crippen LogP contribution in [-0.4, -0.2) is 42.8 Å². The third-order valence-electron chi connectivity index (χ3n) is 4.55. The van der Waals surface area contributed by atoms with Crippen molar-refractivity contribution in [3.05, 3.63) is 53.7 Å². The third kappa shape index (κ3) is 10.1. The molecule has 1 N–H and O–H groups in total. The molecule has 0 aliphatic heterocycles. The molecule has 1 aromatic heterocycles. The van der Waals surface area contributed by atoms with Crippen LogP contribution >= 0.6 is 0 Å². The average Bonchev–Trinajstić information content (AvgIpc) is 2.77. The molecule has 2 aromatic rings. The standard InChI is InChI=1S/C26H32N2O5/c1-6-19(17-24(29)31-5)16-20-10-12-22(13-11-20)32-15-14-21-8-7-9-23(28-21)27-18-25(30)33-26(2,3)4/h1,7-13,19H,14-18H2,2-5H3,(H,27,28). The number of benzene rings is 1. The monoisotopic (exact) mass is 452 g/mol. The summed E-state index contributed by atoms with van der Waals surface area (Å²) in [5, 5.41) is 2.99. The second-order valence-electron chi connectivity index (χ2n) is 8.54. The molecule has 0 aliphatic rings. The number of carbonyl (C=O) groups excluding carboxylic acids is 2. The normalized spacial score (nSPS) is 11.7. The second-order valence-corrected chi connectivity index (χ2v) is 8.54. The van der Waals surface area contributed by atoms with Gasteiger partial charge in [0.25, 0.3) is 0 Å². The van der Waals surface area contributed by atoms with E-state index in [1.807, 2.05) is 57.2 Å². The van der Waals surface area contributed by atoms with E-state index in [9.17, 15) is 9.59 Å². The van der Waals surface area contributed by atoms with Crippen molar-refractivity contribution in [3.8, 4) is 18.1 Å². The van der Waals surface area contributed by atoms with Crippen LogP contribution in [0.3, 0.4) is 0 Å². The molecule has 1 unspecified atom stereocenters. The van der Waals surface area contributed by atoms with Gasteiger partial charge in [0.2, 0.25) is 0 Å². The summed E-state index contributed by atoms with van der Waals surface area (Å²) in [4.78, 5) is 27.8. The van der Waals surface area contributed by atoms with Crippen LogP contribution in [0.5, 0.6) is 5.75 Å². The van der Waals surface area contributed by atoms with E-state index in [1.165, 1.54) is 7.11 Å². The van der Waals surface area contributed by atoms with Crippen molar-refractivity contribution < 1.29 is 23.8 Å². The molecule has 1 atom stereocenters. The Morgan fingerprint density at radius 1 is 1.12 bits per heavy atom. The van der Waals surface area contributed by atoms with Gasteiger partial charge in [-0.25, -0.2) is 4.98 Å². The van der Waals surface area contributed by atoms with Gasteiger partial charge in [0.05, 0.1) is 20.1 Å². The molecule has 0 saturated carbocycles. The summed E-state index contributed by atoms with van der Waals surface area (Å²) < 4.78 is 15.8. The van der Waals surface area contributed by atoms with Gasteiger partial charge in [0, 0.05) is 18.0 Å². The number of terminal acetylenes is 1. The lowest BCUT2D eigenvalue weighted by atomic mass is 9.97. The summed E-state index contributed by atoms with van der Waals surface area (Å²) in [6.07, 6.45) is 6.93. The number of hydrogen-bond donors (Lipinski definition) is 1. The van der Waals surface area contributed by atoms with E-state index in [2.05, 4.69) is 21.0 Å². The van der Waals surface area contributed by atoms with Crippen LogP contribution in [0, 0.1) is 18.3 Å². The molecule has 0 bridgehead atoms. The first-order valence-corrected chi connectivity index (χ1v) is 10.8. The van der Waals surface area contributed by atoms with Crippen molar-refractivity contribution in [2.45, 2.75) is 45.6 Å². The SMILES string of the molecule is C#CC(CC(=O)OC)Cc1ccc(OCCc2cccc(NCC(=O)OC(C)(C)C)n2)cc1. The number of aromatic nitrogens is 1. The highest BCUT2D eigenvalue weighted by Gasteiger charge is 2.16. The molecule has 1 aromatic carbocycles. The first-order valence-electron chi connectivity index (χ1n) is 10.8. The van der Waals surface area contributed by atoms with Crippen molar-refractivity contribution in [3.63, 3.8) is 0 Å². The fraction of sp³-hybridized carbons (Fsp3) is 0.423. The minimum Gasteiger partial charge on any atom is -0.493 e. The van der Waals surface area contributed by atoms with Gasteiger partial charge >= 0.3 is 11.9 Å². The predicted molar refractivity (Wildman–Crippen MR) is 127 cm³/mol. The smallest absolute Gasteiger partial charge is 0.325 e. The molecule has 0 aliphatic carbocycles. The Morgan fingerprint density at radius 2 is 1.85 bits per heavy atom. The molecule has 0 fully saturated rings. The van der Waals surface area contributed by atoms with Crippen molar-refractivity contribution in [1.82, 2.24) is 4.98 Å². The van der Waals surface area contributed by atoms with E-state index >= 15 is 0 Å². The lowest BCUT2D eigenvalue weighted by Gasteiger charge is -2.19. The summed E-state index contributed by atoms with van der Waals surface area (Å²) in [5.41, 5.74) is 1.36. The maximum Gasteiger partial charge on any atom is 0.325 e. The molecule has 0 amide bonds. The lowest BCUT2D eigenvalue weighted by Crippen LogP contribution is -2.28. The van der Waals surface area contributed by atoms with E-state index in [-0.39, 0.29) is 30.8 Å². The quantitative estimate of drug-likeness (QED) is 0.410. The summed E-state index contributed by atoms with van der Waals surface area (Å²) in [5.74, 6) is 3.15. The number of methoxy groups -OCH3 is 1. The number of hydrogen-bond acceptors (Lipinski definition) is 7. The van der Waals surface area contributed by atoms with E-state index in [0.717, 1.165) is 17.0 Å². The Labute approximate surface area is 195 Å². The third-order valence-corrected chi connectivity index (χ3v) is 4.55. The van der Waals surface area contributed by atoms with Crippen LogP contribution in [0.2, 0.25) is 0 Å². The molecule has 7 heteroatoms. The van der Waals surface area contributed by atoms with Gasteiger partial charge in [-0.1, -0.05) is 18.2 Å². The Hall–Kier alpha value is -3.53. The van der Waals surface area contributed by atoms with Crippen molar-refractivity contribution >= 4 is 17.8 Å². The van der Waals surface area contributed by atoms with Crippen LogP contribution in [0.1, 0.15) is 38.4 Å². The maximum absolute atomic E-state index is 11.8. The topological polar surface area (TPSA) is 86.8 Å². The van der Waals surface area contributed by atoms with Gasteiger partial charge in [0.1, 0.15) is 23.7 Å². The first kappa shape index (κ1) is 25.7. The molecule has 33 heavy (non-hydrogen) atoms. The largest absolute Gasteiger partial charge is 0.493 e. The minimum atomic E-state index is -0.518. The highest BCUT2D eigenvalue weighted by molar-refractivity contribution is 5.75. The number of carbonyl (C=O) groups is 2. The van der Waals surface area contributed by atoms with Crippen LogP contribution < -0.4 is 10.1 Å². The van der Waals surface area contributed by atoms with E-state index in [4.69, 9.17) is 15.9 Å². The Morgan fingerprint density at radius 3 is 2.48 bits per heavy atom. The number of anilines is 1. The zero-order chi connectivity index (χ0) is 24.3. The van der Waals surface area contributed by atoms with E-state index in [1.54, 1.807) is 6.07 Å². The average molecular weight is 453 g/mol. The van der Waals surface area contributed by atoms with Gasteiger partial charge in [0.15, 0.2) is 0 Å².